The standard InChI is InChI=1S/C32H23ClO2/c1-35-32-13-7-6-12-26(32)29-18-31-25-15-14-21(33)16-27(25)28(22-9-3-2-8-20(22)19-34)17-30(31)24-11-5-4-10-23(24)29/h2-18,34H,19H2,1H3. The highest BCUT2D eigenvalue weighted by molar-refractivity contribution is 6.32. The summed E-state index contributed by atoms with van der Waals surface area (Å²) in [5, 5.41) is 17.6. The summed E-state index contributed by atoms with van der Waals surface area (Å²) < 4.78 is 5.73. The number of aliphatic hydroxyl groups is 1. The first-order valence-corrected chi connectivity index (χ1v) is 12.0. The Labute approximate surface area is 209 Å². The van der Waals surface area contributed by atoms with Crippen LogP contribution in [-0.4, -0.2) is 12.2 Å². The van der Waals surface area contributed by atoms with Crippen molar-refractivity contribution in [3.05, 3.63) is 114 Å². The smallest absolute Gasteiger partial charge is 0.126 e. The van der Waals surface area contributed by atoms with Crippen LogP contribution in [0.2, 0.25) is 5.02 Å². The molecule has 6 aromatic rings. The topological polar surface area (TPSA) is 29.5 Å². The fraction of sp³-hybridized carbons (Fsp3) is 0.0625. The van der Waals surface area contributed by atoms with Gasteiger partial charge >= 0.3 is 0 Å². The van der Waals surface area contributed by atoms with Crippen LogP contribution in [0.15, 0.2) is 103 Å². The van der Waals surface area contributed by atoms with E-state index in [0.29, 0.717) is 5.02 Å². The van der Waals surface area contributed by atoms with Crippen LogP contribution in [0, 0.1) is 0 Å². The van der Waals surface area contributed by atoms with Gasteiger partial charge in [-0.25, -0.2) is 0 Å². The van der Waals surface area contributed by atoms with Gasteiger partial charge in [-0.15, -0.1) is 0 Å². The van der Waals surface area contributed by atoms with Gasteiger partial charge in [-0.3, -0.25) is 0 Å². The Kier molecular flexibility index (Phi) is 5.41. The molecule has 1 N–H and O–H groups in total. The van der Waals surface area contributed by atoms with E-state index in [9.17, 15) is 5.11 Å². The molecular formula is C32H23ClO2. The normalized spacial score (nSPS) is 11.4. The third-order valence-corrected chi connectivity index (χ3v) is 7.05. The van der Waals surface area contributed by atoms with E-state index >= 15 is 0 Å². The van der Waals surface area contributed by atoms with Crippen LogP contribution in [0.1, 0.15) is 5.56 Å². The number of fused-ring (bicyclic) bond motifs is 5. The van der Waals surface area contributed by atoms with E-state index in [0.717, 1.165) is 55.1 Å². The Balaban J connectivity index is 1.81. The number of benzene rings is 6. The fourth-order valence-electron chi connectivity index (χ4n) is 5.21. The fourth-order valence-corrected chi connectivity index (χ4v) is 5.38. The lowest BCUT2D eigenvalue weighted by atomic mass is 9.87. The minimum atomic E-state index is -0.0241. The van der Waals surface area contributed by atoms with E-state index < -0.39 is 0 Å². The third kappa shape index (κ3) is 3.54. The van der Waals surface area contributed by atoms with Crippen LogP contribution >= 0.6 is 11.6 Å². The van der Waals surface area contributed by atoms with E-state index in [4.69, 9.17) is 16.3 Å². The van der Waals surface area contributed by atoms with Crippen molar-refractivity contribution in [1.29, 1.82) is 0 Å². The molecule has 0 aliphatic carbocycles. The number of methoxy groups -OCH3 is 1. The number of para-hydroxylation sites is 1. The third-order valence-electron chi connectivity index (χ3n) is 6.81. The van der Waals surface area contributed by atoms with Gasteiger partial charge in [0.1, 0.15) is 5.75 Å². The highest BCUT2D eigenvalue weighted by Gasteiger charge is 2.17. The van der Waals surface area contributed by atoms with Crippen LogP contribution in [0.5, 0.6) is 5.75 Å². The average molecular weight is 475 g/mol. The minimum absolute atomic E-state index is 0.0241. The summed E-state index contributed by atoms with van der Waals surface area (Å²) in [6.45, 7) is -0.0241. The van der Waals surface area contributed by atoms with E-state index in [1.165, 1.54) is 10.8 Å². The second kappa shape index (κ2) is 8.74. The predicted molar refractivity (Wildman–Crippen MR) is 147 cm³/mol. The SMILES string of the molecule is COc1ccccc1-c1cc2c3ccc(Cl)cc3c(-c3ccccc3CO)cc2c2ccccc12. The molecule has 0 bridgehead atoms. The van der Waals surface area contributed by atoms with Crippen molar-refractivity contribution >= 4 is 43.9 Å². The van der Waals surface area contributed by atoms with Gasteiger partial charge in [0.2, 0.25) is 0 Å². The van der Waals surface area contributed by atoms with E-state index in [2.05, 4.69) is 54.6 Å². The van der Waals surface area contributed by atoms with Gasteiger partial charge in [0, 0.05) is 10.6 Å². The molecule has 0 unspecified atom stereocenters. The molecule has 170 valence electrons. The molecule has 6 rings (SSSR count). The Morgan fingerprint density at radius 1 is 0.571 bits per heavy atom. The zero-order valence-corrected chi connectivity index (χ0v) is 20.0. The van der Waals surface area contributed by atoms with Crippen LogP contribution in [0.4, 0.5) is 0 Å². The highest BCUT2D eigenvalue weighted by Crippen LogP contribution is 2.44. The summed E-state index contributed by atoms with van der Waals surface area (Å²) in [5.74, 6) is 0.845. The second-order valence-corrected chi connectivity index (χ2v) is 9.13. The lowest BCUT2D eigenvalue weighted by molar-refractivity contribution is 0.282. The Morgan fingerprint density at radius 3 is 1.91 bits per heavy atom. The van der Waals surface area contributed by atoms with Gasteiger partial charge in [-0.1, -0.05) is 84.4 Å². The zero-order valence-electron chi connectivity index (χ0n) is 19.3. The Morgan fingerprint density at radius 2 is 1.17 bits per heavy atom. The summed E-state index contributed by atoms with van der Waals surface area (Å²) in [4.78, 5) is 0. The van der Waals surface area contributed by atoms with Gasteiger partial charge in [-0.05, 0) is 84.9 Å². The monoisotopic (exact) mass is 474 g/mol. The Bertz CT molecular complexity index is 1740. The van der Waals surface area contributed by atoms with Crippen molar-refractivity contribution in [3.8, 4) is 28.0 Å². The molecule has 0 amide bonds. The van der Waals surface area contributed by atoms with Crippen molar-refractivity contribution in [2.75, 3.05) is 7.11 Å². The molecule has 0 aliphatic heterocycles. The molecule has 0 heterocycles. The second-order valence-electron chi connectivity index (χ2n) is 8.69. The van der Waals surface area contributed by atoms with Crippen LogP contribution in [0.3, 0.4) is 0 Å². The molecule has 0 atom stereocenters. The van der Waals surface area contributed by atoms with Crippen molar-refractivity contribution in [1.82, 2.24) is 0 Å². The largest absolute Gasteiger partial charge is 0.496 e. The summed E-state index contributed by atoms with van der Waals surface area (Å²) in [5.41, 5.74) is 5.16. The number of ether oxygens (including phenoxy) is 1. The summed E-state index contributed by atoms with van der Waals surface area (Å²) in [6, 6.07) is 35.3. The summed E-state index contributed by atoms with van der Waals surface area (Å²) in [6.07, 6.45) is 0. The molecule has 0 aromatic heterocycles. The molecule has 6 aromatic carbocycles. The minimum Gasteiger partial charge on any atom is -0.496 e. The van der Waals surface area contributed by atoms with Crippen LogP contribution in [0.25, 0.3) is 54.6 Å². The molecule has 35 heavy (non-hydrogen) atoms. The Hall–Kier alpha value is -3.85. The van der Waals surface area contributed by atoms with E-state index in [1.807, 2.05) is 48.5 Å². The maximum absolute atomic E-state index is 10.1. The summed E-state index contributed by atoms with van der Waals surface area (Å²) in [7, 11) is 1.71. The first kappa shape index (κ1) is 21.7. The quantitative estimate of drug-likeness (QED) is 0.259. The van der Waals surface area contributed by atoms with Crippen LogP contribution < -0.4 is 4.74 Å². The number of halogens is 1. The van der Waals surface area contributed by atoms with Gasteiger partial charge in [0.05, 0.1) is 13.7 Å². The molecule has 0 radical (unpaired) electrons. The average Bonchev–Trinajstić information content (AvgIpc) is 2.92. The molecule has 3 heteroatoms. The highest BCUT2D eigenvalue weighted by atomic mass is 35.5. The molecule has 0 fully saturated rings. The molecule has 0 saturated carbocycles. The number of aliphatic hydroxyl groups excluding tert-OH is 1. The number of rotatable bonds is 4. The molecule has 0 saturated heterocycles. The first-order valence-electron chi connectivity index (χ1n) is 11.6. The summed E-state index contributed by atoms with van der Waals surface area (Å²) >= 11 is 6.50. The van der Waals surface area contributed by atoms with Gasteiger partial charge < -0.3 is 9.84 Å². The number of hydrogen-bond acceptors (Lipinski definition) is 2. The van der Waals surface area contributed by atoms with Gasteiger partial charge in [0.25, 0.3) is 0 Å². The van der Waals surface area contributed by atoms with Crippen molar-refractivity contribution in [2.24, 2.45) is 0 Å². The van der Waals surface area contributed by atoms with Crippen molar-refractivity contribution in [2.45, 2.75) is 6.61 Å². The first-order chi connectivity index (χ1) is 17.2. The van der Waals surface area contributed by atoms with Crippen molar-refractivity contribution < 1.29 is 9.84 Å². The molecule has 2 nitrogen and oxygen atoms in total. The predicted octanol–water partition coefficient (Wildman–Crippen LogP) is 8.63. The van der Waals surface area contributed by atoms with Gasteiger partial charge in [0.15, 0.2) is 0 Å². The maximum atomic E-state index is 10.1. The molecule has 0 aliphatic rings. The van der Waals surface area contributed by atoms with Crippen molar-refractivity contribution in [3.63, 3.8) is 0 Å². The van der Waals surface area contributed by atoms with Crippen LogP contribution in [-0.2, 0) is 6.61 Å². The molecular weight excluding hydrogens is 452 g/mol. The van der Waals surface area contributed by atoms with E-state index in [1.54, 1.807) is 7.11 Å². The van der Waals surface area contributed by atoms with E-state index in [-0.39, 0.29) is 6.61 Å². The lowest BCUT2D eigenvalue weighted by Crippen LogP contribution is -1.93. The molecule has 0 spiro atoms. The lowest BCUT2D eigenvalue weighted by Gasteiger charge is -2.18. The number of hydrogen-bond donors (Lipinski definition) is 1. The van der Waals surface area contributed by atoms with Gasteiger partial charge in [-0.2, -0.15) is 0 Å². The zero-order chi connectivity index (χ0) is 23.9. The maximum Gasteiger partial charge on any atom is 0.126 e.